The summed E-state index contributed by atoms with van der Waals surface area (Å²) in [5, 5.41) is 2.18. The summed E-state index contributed by atoms with van der Waals surface area (Å²) in [5.41, 5.74) is 3.47. The maximum atomic E-state index is 12.5. The van der Waals surface area contributed by atoms with Crippen molar-refractivity contribution in [2.24, 2.45) is 0 Å². The molecule has 0 spiro atoms. The van der Waals surface area contributed by atoms with Gasteiger partial charge in [-0.25, -0.2) is 4.98 Å². The zero-order valence-corrected chi connectivity index (χ0v) is 18.4. The van der Waals surface area contributed by atoms with Crippen molar-refractivity contribution in [3.63, 3.8) is 0 Å². The number of nitrogens with two attached hydrogens (primary N) is 1. The van der Waals surface area contributed by atoms with Crippen molar-refractivity contribution in [3.8, 4) is 11.5 Å². The quantitative estimate of drug-likeness (QED) is 0.556. The Hall–Kier alpha value is -2.86. The summed E-state index contributed by atoms with van der Waals surface area (Å²) in [5.74, 6) is 1.58. The van der Waals surface area contributed by atoms with Crippen LogP contribution in [0.1, 0.15) is 56.6 Å². The molecule has 160 valence electrons. The predicted octanol–water partition coefficient (Wildman–Crippen LogP) is 3.41. The van der Waals surface area contributed by atoms with Gasteiger partial charge < -0.3 is 14.8 Å². The number of aromatic nitrogens is 2. The van der Waals surface area contributed by atoms with E-state index in [9.17, 15) is 4.79 Å². The first kappa shape index (κ1) is 21.8. The Morgan fingerprint density at radius 1 is 1.03 bits per heavy atom. The summed E-state index contributed by atoms with van der Waals surface area (Å²) in [7, 11) is 0. The topological polar surface area (TPSA) is 69.4 Å². The van der Waals surface area contributed by atoms with Crippen molar-refractivity contribution in [3.05, 3.63) is 69.8 Å². The first-order chi connectivity index (χ1) is 14.5. The fourth-order valence-corrected chi connectivity index (χ4v) is 3.37. The summed E-state index contributed by atoms with van der Waals surface area (Å²) in [6.45, 7) is 10.2. The zero-order chi connectivity index (χ0) is 21.5. The van der Waals surface area contributed by atoms with Gasteiger partial charge in [-0.15, -0.1) is 0 Å². The van der Waals surface area contributed by atoms with Crippen LogP contribution < -0.4 is 20.3 Å². The Bertz CT molecular complexity index is 1050. The van der Waals surface area contributed by atoms with Crippen molar-refractivity contribution >= 4 is 5.65 Å². The highest BCUT2D eigenvalue weighted by Gasteiger charge is 2.14. The van der Waals surface area contributed by atoms with E-state index >= 15 is 0 Å². The van der Waals surface area contributed by atoms with E-state index in [-0.39, 0.29) is 11.6 Å². The largest absolute Gasteiger partial charge is 0.490 e. The van der Waals surface area contributed by atoms with Crippen LogP contribution in [0.25, 0.3) is 5.65 Å². The summed E-state index contributed by atoms with van der Waals surface area (Å²) < 4.78 is 13.4. The molecule has 1 atom stereocenters. The minimum Gasteiger partial charge on any atom is -0.490 e. The second-order valence-corrected chi connectivity index (χ2v) is 7.58. The van der Waals surface area contributed by atoms with Gasteiger partial charge in [0.1, 0.15) is 23.9 Å². The van der Waals surface area contributed by atoms with Gasteiger partial charge >= 0.3 is 0 Å². The van der Waals surface area contributed by atoms with Crippen LogP contribution in [-0.4, -0.2) is 22.6 Å². The van der Waals surface area contributed by atoms with Crippen molar-refractivity contribution in [1.29, 1.82) is 0 Å². The molecule has 1 aromatic carbocycles. The maximum absolute atomic E-state index is 12.5. The summed E-state index contributed by atoms with van der Waals surface area (Å²) >= 11 is 0. The lowest BCUT2D eigenvalue weighted by atomic mass is 10.1. The number of fused-ring (bicyclic) bond motifs is 1. The van der Waals surface area contributed by atoms with Crippen molar-refractivity contribution in [2.45, 2.75) is 53.1 Å². The van der Waals surface area contributed by atoms with Crippen LogP contribution in [0.4, 0.5) is 0 Å². The van der Waals surface area contributed by atoms with Gasteiger partial charge in [-0.3, -0.25) is 9.20 Å². The van der Waals surface area contributed by atoms with E-state index in [1.165, 1.54) is 0 Å². The second kappa shape index (κ2) is 10.3. The molecule has 0 amide bonds. The van der Waals surface area contributed by atoms with Gasteiger partial charge in [-0.05, 0) is 57.0 Å². The van der Waals surface area contributed by atoms with E-state index in [1.807, 2.05) is 31.2 Å². The van der Waals surface area contributed by atoms with Crippen LogP contribution >= 0.6 is 0 Å². The average molecular weight is 411 g/mol. The molecular formula is C24H32N3O3+. The monoisotopic (exact) mass is 410 g/mol. The van der Waals surface area contributed by atoms with Crippen LogP contribution in [0.2, 0.25) is 0 Å². The van der Waals surface area contributed by atoms with E-state index < -0.39 is 0 Å². The van der Waals surface area contributed by atoms with Crippen LogP contribution in [-0.2, 0) is 6.54 Å². The molecule has 0 radical (unpaired) electrons. The van der Waals surface area contributed by atoms with Gasteiger partial charge in [-0.2, -0.15) is 0 Å². The highest BCUT2D eigenvalue weighted by molar-refractivity contribution is 5.43. The number of hydrogen-bond donors (Lipinski definition) is 1. The number of rotatable bonds is 10. The molecule has 0 bridgehead atoms. The molecule has 3 aromatic rings. The van der Waals surface area contributed by atoms with E-state index in [1.54, 1.807) is 10.5 Å². The smallest absolute Gasteiger partial charge is 0.258 e. The fraction of sp³-hybridized carbons (Fsp3) is 0.417. The van der Waals surface area contributed by atoms with Crippen molar-refractivity contribution < 1.29 is 14.8 Å². The van der Waals surface area contributed by atoms with Crippen LogP contribution in [0.3, 0.4) is 0 Å². The summed E-state index contributed by atoms with van der Waals surface area (Å²) in [4.78, 5) is 17.1. The minimum atomic E-state index is -0.0400. The third kappa shape index (κ3) is 5.19. The first-order valence-corrected chi connectivity index (χ1v) is 10.7. The van der Waals surface area contributed by atoms with E-state index in [0.29, 0.717) is 25.4 Å². The molecule has 0 saturated carbocycles. The average Bonchev–Trinajstić information content (AvgIpc) is 2.74. The molecular weight excluding hydrogens is 378 g/mol. The molecule has 6 nitrogen and oxygen atoms in total. The predicted molar refractivity (Wildman–Crippen MR) is 118 cm³/mol. The van der Waals surface area contributed by atoms with Crippen molar-refractivity contribution in [1.82, 2.24) is 9.38 Å². The molecule has 0 fully saturated rings. The molecule has 2 heterocycles. The number of quaternary nitrogens is 1. The number of benzene rings is 1. The lowest BCUT2D eigenvalue weighted by molar-refractivity contribution is -0.708. The molecule has 2 aromatic heterocycles. The molecule has 30 heavy (non-hydrogen) atoms. The van der Waals surface area contributed by atoms with Crippen LogP contribution in [0.15, 0.2) is 47.3 Å². The van der Waals surface area contributed by atoms with E-state index in [2.05, 4.69) is 43.2 Å². The van der Waals surface area contributed by atoms with Crippen LogP contribution in [0, 0.1) is 6.92 Å². The third-order valence-corrected chi connectivity index (χ3v) is 5.03. The van der Waals surface area contributed by atoms with Crippen LogP contribution in [0.5, 0.6) is 11.5 Å². The van der Waals surface area contributed by atoms with Crippen molar-refractivity contribution in [2.75, 3.05) is 13.2 Å². The zero-order valence-electron chi connectivity index (χ0n) is 18.4. The second-order valence-electron chi connectivity index (χ2n) is 7.58. The van der Waals surface area contributed by atoms with Gasteiger partial charge in [0, 0.05) is 17.3 Å². The fourth-order valence-electron chi connectivity index (χ4n) is 3.37. The molecule has 0 saturated heterocycles. The SMILES string of the molecule is CCCOc1ccc([C@H](C)[NH2+]Cc2cc(=O)n3c(C)cccc3n2)cc1OCCC. The lowest BCUT2D eigenvalue weighted by Crippen LogP contribution is -2.83. The number of pyridine rings is 1. The Labute approximate surface area is 177 Å². The highest BCUT2D eigenvalue weighted by Crippen LogP contribution is 2.30. The molecule has 0 unspecified atom stereocenters. The summed E-state index contributed by atoms with van der Waals surface area (Å²) in [6, 6.07) is 13.7. The molecule has 2 N–H and O–H groups in total. The Morgan fingerprint density at radius 2 is 1.77 bits per heavy atom. The Morgan fingerprint density at radius 3 is 2.50 bits per heavy atom. The van der Waals surface area contributed by atoms with Gasteiger partial charge in [0.25, 0.3) is 5.56 Å². The third-order valence-electron chi connectivity index (χ3n) is 5.03. The lowest BCUT2D eigenvalue weighted by Gasteiger charge is -2.16. The van der Waals surface area contributed by atoms with E-state index in [4.69, 9.17) is 9.47 Å². The number of hydrogen-bond acceptors (Lipinski definition) is 4. The van der Waals surface area contributed by atoms with Gasteiger partial charge in [0.2, 0.25) is 0 Å². The summed E-state index contributed by atoms with van der Waals surface area (Å²) in [6.07, 6.45) is 1.90. The molecule has 0 aliphatic rings. The number of nitrogens with zero attached hydrogens (tertiary/aromatic N) is 2. The Balaban J connectivity index is 1.74. The normalized spacial score (nSPS) is 12.1. The maximum Gasteiger partial charge on any atom is 0.258 e. The van der Waals surface area contributed by atoms with E-state index in [0.717, 1.165) is 41.3 Å². The Kier molecular flexibility index (Phi) is 7.46. The standard InChI is InChI=1S/C24H31N3O3/c1-5-12-29-21-11-10-19(14-22(21)30-13-6-2)18(4)25-16-20-15-24(28)27-17(3)8-7-9-23(27)26-20/h7-11,14-15,18,25H,5-6,12-13,16H2,1-4H3/p+1/t18-/m0/s1. The highest BCUT2D eigenvalue weighted by atomic mass is 16.5. The molecule has 3 rings (SSSR count). The van der Waals surface area contributed by atoms with Gasteiger partial charge in [0.05, 0.1) is 13.2 Å². The number of ether oxygens (including phenoxy) is 2. The minimum absolute atomic E-state index is 0.0400. The van der Waals surface area contributed by atoms with Gasteiger partial charge in [-0.1, -0.05) is 19.9 Å². The number of aryl methyl sites for hydroxylation is 1. The first-order valence-electron chi connectivity index (χ1n) is 10.7. The molecule has 0 aliphatic heterocycles. The molecule has 0 aliphatic carbocycles. The van der Waals surface area contributed by atoms with Gasteiger partial charge in [0.15, 0.2) is 11.5 Å². The molecule has 6 heteroatoms.